The maximum Gasteiger partial charge on any atom is 0.253 e. The second kappa shape index (κ2) is 17.0. The van der Waals surface area contributed by atoms with Crippen molar-refractivity contribution in [2.75, 3.05) is 26.7 Å². The molecule has 3 aromatic carbocycles. The van der Waals surface area contributed by atoms with Gasteiger partial charge in [0.1, 0.15) is 5.75 Å². The molecule has 0 bridgehead atoms. The summed E-state index contributed by atoms with van der Waals surface area (Å²) in [6.45, 7) is 5.61. The summed E-state index contributed by atoms with van der Waals surface area (Å²) in [6, 6.07) is 16.0. The number of halogens is 2. The van der Waals surface area contributed by atoms with E-state index in [1.54, 1.807) is 30.2 Å². The van der Waals surface area contributed by atoms with Gasteiger partial charge in [-0.3, -0.25) is 14.4 Å². The summed E-state index contributed by atoms with van der Waals surface area (Å²) in [6.07, 6.45) is 0.685. The summed E-state index contributed by atoms with van der Waals surface area (Å²) in [4.78, 5) is 40.8. The minimum absolute atomic E-state index is 0.0348. The number of amides is 3. The fourth-order valence-electron chi connectivity index (χ4n) is 4.87. The monoisotopic (exact) mass is 642 g/mol. The fourth-order valence-corrected chi connectivity index (χ4v) is 5.44. The lowest BCUT2D eigenvalue weighted by molar-refractivity contribution is 0.0755. The number of methoxy groups -OCH3 is 1. The highest BCUT2D eigenvalue weighted by Crippen LogP contribution is 2.21. The summed E-state index contributed by atoms with van der Waals surface area (Å²) in [7, 11) is 1.59. The van der Waals surface area contributed by atoms with Gasteiger partial charge in [-0.2, -0.15) is 0 Å². The topological polar surface area (TPSA) is 134 Å². The number of rotatable bonds is 16. The molecule has 0 fully saturated rings. The first-order valence-corrected chi connectivity index (χ1v) is 15.3. The van der Waals surface area contributed by atoms with Gasteiger partial charge < -0.3 is 31.1 Å². The van der Waals surface area contributed by atoms with Crippen LogP contribution in [0.3, 0.4) is 0 Å². The van der Waals surface area contributed by atoms with Gasteiger partial charge in [0.2, 0.25) is 5.91 Å². The summed E-state index contributed by atoms with van der Waals surface area (Å²) in [5, 5.41) is 18.2. The van der Waals surface area contributed by atoms with Gasteiger partial charge in [0, 0.05) is 52.9 Å². The standard InChI is InChI=1S/C33H40Cl2N4O5/c1-4-9-39(10-5-2)33(43)25-16-23(31(36)41)15-24(17-25)32(42)38-29(14-22-11-26(34)18-27(35)12-22)30(40)20-37-19-21-7-6-8-28(13-21)44-3/h6-8,11-13,15-18,29-30,37,40H,4-5,9-10,14,19-20H2,1-3H3,(H2,36,41)(H,38,42)/t29-,30+/m0/s1. The molecule has 3 aromatic rings. The van der Waals surface area contributed by atoms with Crippen molar-refractivity contribution in [3.63, 3.8) is 0 Å². The second-order valence-electron chi connectivity index (χ2n) is 10.6. The number of nitrogens with two attached hydrogens (primary N) is 1. The van der Waals surface area contributed by atoms with Crippen LogP contribution in [0.1, 0.15) is 68.9 Å². The van der Waals surface area contributed by atoms with Crippen LogP contribution in [0.15, 0.2) is 60.7 Å². The van der Waals surface area contributed by atoms with E-state index in [1.807, 2.05) is 38.1 Å². The number of primary amides is 1. The Balaban J connectivity index is 1.87. The number of aliphatic hydroxyl groups excluding tert-OH is 1. The predicted octanol–water partition coefficient (Wildman–Crippen LogP) is 4.85. The van der Waals surface area contributed by atoms with Gasteiger partial charge in [0.25, 0.3) is 11.8 Å². The van der Waals surface area contributed by atoms with Crippen molar-refractivity contribution in [1.82, 2.24) is 15.5 Å². The number of nitrogens with one attached hydrogen (secondary N) is 2. The van der Waals surface area contributed by atoms with E-state index >= 15 is 0 Å². The zero-order valence-corrected chi connectivity index (χ0v) is 26.8. The van der Waals surface area contributed by atoms with Crippen molar-refractivity contribution in [3.8, 4) is 5.75 Å². The molecular weight excluding hydrogens is 603 g/mol. The van der Waals surface area contributed by atoms with Crippen LogP contribution in [0.4, 0.5) is 0 Å². The first-order valence-electron chi connectivity index (χ1n) is 14.6. The molecule has 9 nitrogen and oxygen atoms in total. The molecule has 0 aromatic heterocycles. The van der Waals surface area contributed by atoms with Gasteiger partial charge >= 0.3 is 0 Å². The minimum Gasteiger partial charge on any atom is -0.497 e. The van der Waals surface area contributed by atoms with E-state index in [1.165, 1.54) is 18.2 Å². The number of carbonyl (C=O) groups is 3. The van der Waals surface area contributed by atoms with E-state index in [4.69, 9.17) is 33.7 Å². The number of aliphatic hydroxyl groups is 1. The molecule has 0 spiro atoms. The molecule has 0 saturated carbocycles. The van der Waals surface area contributed by atoms with Crippen molar-refractivity contribution >= 4 is 40.9 Å². The SMILES string of the molecule is CCCN(CCC)C(=O)c1cc(C(N)=O)cc(C(=O)N[C@@H](Cc2cc(Cl)cc(Cl)c2)[C@H](O)CNCc2cccc(OC)c2)c1. The number of carbonyl (C=O) groups excluding carboxylic acids is 3. The van der Waals surface area contributed by atoms with Gasteiger partial charge in [-0.15, -0.1) is 0 Å². The highest BCUT2D eigenvalue weighted by molar-refractivity contribution is 6.34. The van der Waals surface area contributed by atoms with E-state index in [0.717, 1.165) is 24.2 Å². The molecule has 0 aliphatic carbocycles. The van der Waals surface area contributed by atoms with Crippen LogP contribution in [0.2, 0.25) is 10.0 Å². The second-order valence-corrected chi connectivity index (χ2v) is 11.4. The van der Waals surface area contributed by atoms with Crippen molar-refractivity contribution in [2.45, 2.75) is 51.8 Å². The average molecular weight is 644 g/mol. The van der Waals surface area contributed by atoms with Crippen LogP contribution < -0.4 is 21.1 Å². The molecule has 2 atom stereocenters. The van der Waals surface area contributed by atoms with E-state index in [0.29, 0.717) is 35.2 Å². The number of benzene rings is 3. The first kappa shape index (κ1) is 34.9. The lowest BCUT2D eigenvalue weighted by atomic mass is 9.99. The van der Waals surface area contributed by atoms with Gasteiger partial charge in [-0.25, -0.2) is 0 Å². The predicted molar refractivity (Wildman–Crippen MR) is 174 cm³/mol. The highest BCUT2D eigenvalue weighted by Gasteiger charge is 2.25. The third-order valence-electron chi connectivity index (χ3n) is 6.98. The van der Waals surface area contributed by atoms with Crippen LogP contribution in [0.25, 0.3) is 0 Å². The largest absolute Gasteiger partial charge is 0.497 e. The molecule has 0 aliphatic heterocycles. The van der Waals surface area contributed by atoms with Crippen molar-refractivity contribution in [2.24, 2.45) is 5.73 Å². The van der Waals surface area contributed by atoms with E-state index in [2.05, 4.69) is 10.6 Å². The maximum absolute atomic E-state index is 13.6. The van der Waals surface area contributed by atoms with Gasteiger partial charge in [0.05, 0.1) is 19.3 Å². The van der Waals surface area contributed by atoms with E-state index in [-0.39, 0.29) is 35.6 Å². The molecule has 0 radical (unpaired) electrons. The number of ether oxygens (including phenoxy) is 1. The quantitative estimate of drug-likeness (QED) is 0.176. The molecule has 0 unspecified atom stereocenters. The van der Waals surface area contributed by atoms with Crippen LogP contribution in [0.5, 0.6) is 5.75 Å². The summed E-state index contributed by atoms with van der Waals surface area (Å²) < 4.78 is 5.28. The lowest BCUT2D eigenvalue weighted by Gasteiger charge is -2.26. The number of hydrogen-bond acceptors (Lipinski definition) is 6. The van der Waals surface area contributed by atoms with Crippen molar-refractivity contribution in [3.05, 3.63) is 98.5 Å². The molecule has 5 N–H and O–H groups in total. The van der Waals surface area contributed by atoms with E-state index < -0.39 is 24.0 Å². The van der Waals surface area contributed by atoms with Gasteiger partial charge in [0.15, 0.2) is 0 Å². The third kappa shape index (κ3) is 10.2. The first-order chi connectivity index (χ1) is 21.0. The fraction of sp³-hybridized carbons (Fsp3) is 0.364. The zero-order chi connectivity index (χ0) is 32.2. The Morgan fingerprint density at radius 1 is 0.909 bits per heavy atom. The number of nitrogens with zero attached hydrogens (tertiary/aromatic N) is 1. The Hall–Kier alpha value is -3.63. The molecule has 44 heavy (non-hydrogen) atoms. The smallest absolute Gasteiger partial charge is 0.253 e. The molecule has 0 heterocycles. The summed E-state index contributed by atoms with van der Waals surface area (Å²) in [5.74, 6) is -0.920. The minimum atomic E-state index is -1.03. The Labute approximate surface area is 268 Å². The van der Waals surface area contributed by atoms with Crippen molar-refractivity contribution in [1.29, 1.82) is 0 Å². The summed E-state index contributed by atoms with van der Waals surface area (Å²) in [5.41, 5.74) is 7.53. The molecule has 0 saturated heterocycles. The lowest BCUT2D eigenvalue weighted by Crippen LogP contribution is -2.48. The third-order valence-corrected chi connectivity index (χ3v) is 7.41. The molecule has 3 rings (SSSR count). The van der Waals surface area contributed by atoms with Gasteiger partial charge in [-0.05, 0) is 78.9 Å². The Kier molecular flexibility index (Phi) is 13.5. The molecule has 0 aliphatic rings. The van der Waals surface area contributed by atoms with Gasteiger partial charge in [-0.1, -0.05) is 49.2 Å². The Bertz CT molecular complexity index is 1430. The maximum atomic E-state index is 13.6. The molecule has 236 valence electrons. The Morgan fingerprint density at radius 3 is 2.16 bits per heavy atom. The molecule has 3 amide bonds. The highest BCUT2D eigenvalue weighted by atomic mass is 35.5. The van der Waals surface area contributed by atoms with Crippen LogP contribution in [-0.2, 0) is 13.0 Å². The van der Waals surface area contributed by atoms with E-state index in [9.17, 15) is 19.5 Å². The van der Waals surface area contributed by atoms with Crippen LogP contribution in [-0.4, -0.2) is 66.6 Å². The van der Waals surface area contributed by atoms with Crippen LogP contribution >= 0.6 is 23.2 Å². The summed E-state index contributed by atoms with van der Waals surface area (Å²) >= 11 is 12.4. The van der Waals surface area contributed by atoms with Crippen molar-refractivity contribution < 1.29 is 24.2 Å². The number of hydrogen-bond donors (Lipinski definition) is 4. The molecular formula is C33H40Cl2N4O5. The van der Waals surface area contributed by atoms with Crippen LogP contribution in [0, 0.1) is 0 Å². The average Bonchev–Trinajstić information content (AvgIpc) is 2.99. The zero-order valence-electron chi connectivity index (χ0n) is 25.2. The normalized spacial score (nSPS) is 12.3. The Morgan fingerprint density at radius 2 is 1.55 bits per heavy atom. The molecule has 11 heteroatoms.